The van der Waals surface area contributed by atoms with E-state index in [0.717, 1.165) is 25.9 Å². The molecule has 0 N–H and O–H groups in total. The minimum absolute atomic E-state index is 0.280. The fourth-order valence-electron chi connectivity index (χ4n) is 2.02. The Balaban J connectivity index is 2.36. The molecule has 0 aliphatic carbocycles. The van der Waals surface area contributed by atoms with E-state index < -0.39 is 8.32 Å². The molecule has 116 valence electrons. The molecule has 1 nitrogen and oxygen atoms in total. The third kappa shape index (κ3) is 6.07. The van der Waals surface area contributed by atoms with Gasteiger partial charge in [-0.15, -0.1) is 12.3 Å². The van der Waals surface area contributed by atoms with E-state index >= 15 is 0 Å². The van der Waals surface area contributed by atoms with Gasteiger partial charge < -0.3 is 4.43 Å². The number of terminal acetylenes is 1. The lowest BCUT2D eigenvalue weighted by Crippen LogP contribution is -2.41. The van der Waals surface area contributed by atoms with Crippen LogP contribution in [0, 0.1) is 18.3 Å². The van der Waals surface area contributed by atoms with E-state index in [1.54, 1.807) is 0 Å². The van der Waals surface area contributed by atoms with Gasteiger partial charge in [0.1, 0.15) is 0 Å². The van der Waals surface area contributed by atoms with Crippen molar-refractivity contribution in [3.63, 3.8) is 0 Å². The fourth-order valence-corrected chi connectivity index (χ4v) is 3.10. The van der Waals surface area contributed by atoms with Crippen molar-refractivity contribution >= 4 is 8.32 Å². The van der Waals surface area contributed by atoms with Crippen LogP contribution in [-0.2, 0) is 10.8 Å². The van der Waals surface area contributed by atoms with Gasteiger partial charge in [0.25, 0.3) is 0 Å². The summed E-state index contributed by atoms with van der Waals surface area (Å²) in [7, 11) is -1.61. The molecule has 1 unspecified atom stereocenters. The molecular weight excluding hydrogens is 272 g/mol. The molecule has 0 aliphatic heterocycles. The second-order valence-electron chi connectivity index (χ2n) is 7.30. The van der Waals surface area contributed by atoms with Gasteiger partial charge in [0.15, 0.2) is 8.32 Å². The highest BCUT2D eigenvalue weighted by Crippen LogP contribution is 2.36. The zero-order chi connectivity index (χ0) is 15.9. The van der Waals surface area contributed by atoms with Crippen molar-refractivity contribution in [1.82, 2.24) is 0 Å². The summed E-state index contributed by atoms with van der Waals surface area (Å²) in [6.45, 7) is 12.3. The average Bonchev–Trinajstić information content (AvgIpc) is 2.42. The maximum absolute atomic E-state index is 6.21. The van der Waals surface area contributed by atoms with Crippen LogP contribution in [-0.4, -0.2) is 14.9 Å². The molecule has 1 aromatic rings. The Labute approximate surface area is 132 Å². The summed E-state index contributed by atoms with van der Waals surface area (Å²) in [6.07, 6.45) is 8.74. The molecule has 0 saturated carbocycles. The van der Waals surface area contributed by atoms with Gasteiger partial charge in [0, 0.05) is 12.5 Å². The minimum atomic E-state index is -1.61. The van der Waals surface area contributed by atoms with Gasteiger partial charge >= 0.3 is 0 Å². The lowest BCUT2D eigenvalue weighted by molar-refractivity contribution is 0.273. The molecule has 0 aliphatic rings. The molecule has 1 aromatic carbocycles. The van der Waals surface area contributed by atoms with Crippen molar-refractivity contribution in [2.75, 3.05) is 6.61 Å². The Kier molecular flexibility index (Phi) is 6.71. The van der Waals surface area contributed by atoms with Crippen molar-refractivity contribution in [1.29, 1.82) is 0 Å². The monoisotopic (exact) mass is 302 g/mol. The van der Waals surface area contributed by atoms with Crippen molar-refractivity contribution < 1.29 is 4.43 Å². The second kappa shape index (κ2) is 7.82. The number of hydrogen-bond donors (Lipinski definition) is 0. The van der Waals surface area contributed by atoms with E-state index in [4.69, 9.17) is 10.8 Å². The smallest absolute Gasteiger partial charge is 0.191 e. The van der Waals surface area contributed by atoms with Crippen molar-refractivity contribution in [2.45, 2.75) is 58.2 Å². The summed E-state index contributed by atoms with van der Waals surface area (Å²) < 4.78 is 6.21. The Hall–Kier alpha value is -1.04. The van der Waals surface area contributed by atoms with Crippen LogP contribution in [0.5, 0.6) is 0 Å². The highest BCUT2D eigenvalue weighted by molar-refractivity contribution is 6.74. The number of hydrogen-bond acceptors (Lipinski definition) is 1. The quantitative estimate of drug-likeness (QED) is 0.378. The molecule has 1 rings (SSSR count). The normalized spacial score (nSPS) is 13.7. The van der Waals surface area contributed by atoms with E-state index in [0.29, 0.717) is 5.92 Å². The third-order valence-corrected chi connectivity index (χ3v) is 9.06. The van der Waals surface area contributed by atoms with Crippen LogP contribution in [0.2, 0.25) is 18.1 Å². The highest BCUT2D eigenvalue weighted by atomic mass is 28.4. The summed E-state index contributed by atoms with van der Waals surface area (Å²) >= 11 is 0. The highest BCUT2D eigenvalue weighted by Gasteiger charge is 2.36. The Morgan fingerprint density at radius 3 is 2.33 bits per heavy atom. The predicted octanol–water partition coefficient (Wildman–Crippen LogP) is 5.28. The van der Waals surface area contributed by atoms with Gasteiger partial charge in [0.2, 0.25) is 0 Å². The minimum Gasteiger partial charge on any atom is -0.417 e. The van der Waals surface area contributed by atoms with E-state index in [9.17, 15) is 0 Å². The van der Waals surface area contributed by atoms with Gasteiger partial charge in [-0.25, -0.2) is 0 Å². The first-order chi connectivity index (χ1) is 9.76. The van der Waals surface area contributed by atoms with Crippen LogP contribution in [0.1, 0.15) is 39.2 Å². The summed E-state index contributed by atoms with van der Waals surface area (Å²) in [5, 5.41) is 0.280. The first-order valence-electron chi connectivity index (χ1n) is 7.90. The predicted molar refractivity (Wildman–Crippen MR) is 94.9 cm³/mol. The standard InChI is InChI=1S/C19H30OSi/c1-7-17(16-18-12-9-8-10-13-18)14-11-15-20-21(5,6)19(2,3)4/h1,8-10,12-13,17H,11,14-16H2,2-6H3. The second-order valence-corrected chi connectivity index (χ2v) is 12.1. The largest absolute Gasteiger partial charge is 0.417 e. The van der Waals surface area contributed by atoms with Crippen LogP contribution in [0.15, 0.2) is 30.3 Å². The van der Waals surface area contributed by atoms with Crippen LogP contribution >= 0.6 is 0 Å². The topological polar surface area (TPSA) is 9.23 Å². The van der Waals surface area contributed by atoms with Crippen molar-refractivity contribution in [3.8, 4) is 12.3 Å². The summed E-state index contributed by atoms with van der Waals surface area (Å²) in [6, 6.07) is 10.5. The summed E-state index contributed by atoms with van der Waals surface area (Å²) in [4.78, 5) is 0. The molecule has 0 fully saturated rings. The van der Waals surface area contributed by atoms with E-state index in [1.807, 2.05) is 6.07 Å². The van der Waals surface area contributed by atoms with E-state index in [-0.39, 0.29) is 5.04 Å². The maximum atomic E-state index is 6.21. The van der Waals surface area contributed by atoms with Gasteiger partial charge in [0.05, 0.1) is 0 Å². The molecule has 0 radical (unpaired) electrons. The molecular formula is C19H30OSi. The Bertz CT molecular complexity index is 451. The summed E-state index contributed by atoms with van der Waals surface area (Å²) in [5.74, 6) is 3.25. The number of rotatable bonds is 7. The molecule has 2 heteroatoms. The van der Waals surface area contributed by atoms with Crippen molar-refractivity contribution in [3.05, 3.63) is 35.9 Å². The molecule has 1 atom stereocenters. The van der Waals surface area contributed by atoms with E-state index in [1.165, 1.54) is 5.56 Å². The van der Waals surface area contributed by atoms with Crippen LogP contribution in [0.3, 0.4) is 0 Å². The molecule has 0 bridgehead atoms. The molecule has 0 spiro atoms. The maximum Gasteiger partial charge on any atom is 0.191 e. The van der Waals surface area contributed by atoms with Crippen LogP contribution in [0.4, 0.5) is 0 Å². The molecule has 0 amide bonds. The van der Waals surface area contributed by atoms with Gasteiger partial charge in [-0.2, -0.15) is 0 Å². The average molecular weight is 303 g/mol. The number of benzene rings is 1. The van der Waals surface area contributed by atoms with Crippen LogP contribution in [0.25, 0.3) is 0 Å². The Morgan fingerprint density at radius 1 is 1.19 bits per heavy atom. The molecule has 0 saturated heterocycles. The Morgan fingerprint density at radius 2 is 1.81 bits per heavy atom. The SMILES string of the molecule is C#CC(CCCO[Si](C)(C)C(C)(C)C)Cc1ccccc1. The van der Waals surface area contributed by atoms with Crippen molar-refractivity contribution in [2.24, 2.45) is 5.92 Å². The van der Waals surface area contributed by atoms with Gasteiger partial charge in [-0.05, 0) is 43.0 Å². The zero-order valence-corrected chi connectivity index (χ0v) is 15.3. The first-order valence-corrected chi connectivity index (χ1v) is 10.8. The zero-order valence-electron chi connectivity index (χ0n) is 14.3. The third-order valence-electron chi connectivity index (χ3n) is 4.53. The first kappa shape index (κ1) is 18.0. The molecule has 0 heterocycles. The van der Waals surface area contributed by atoms with Gasteiger partial charge in [-0.1, -0.05) is 51.1 Å². The summed E-state index contributed by atoms with van der Waals surface area (Å²) in [5.41, 5.74) is 1.32. The fraction of sp³-hybridized carbons (Fsp3) is 0.579. The van der Waals surface area contributed by atoms with E-state index in [2.05, 4.69) is 64.1 Å². The lowest BCUT2D eigenvalue weighted by atomic mass is 9.96. The van der Waals surface area contributed by atoms with Gasteiger partial charge in [-0.3, -0.25) is 0 Å². The van der Waals surface area contributed by atoms with Crippen LogP contribution < -0.4 is 0 Å². The lowest BCUT2D eigenvalue weighted by Gasteiger charge is -2.36. The molecule has 21 heavy (non-hydrogen) atoms. The molecule has 0 aromatic heterocycles.